The van der Waals surface area contributed by atoms with Crippen molar-refractivity contribution in [3.8, 4) is 16.9 Å². The zero-order chi connectivity index (χ0) is 42.2. The smallest absolute Gasteiger partial charge is 0.435 e. The Bertz CT molecular complexity index is 2260. The molecule has 4 N–H and O–H groups in total. The van der Waals surface area contributed by atoms with Gasteiger partial charge in [-0.25, -0.2) is 18.9 Å². The van der Waals surface area contributed by atoms with E-state index < -0.39 is 35.1 Å². The number of aromatic nitrogens is 4. The summed E-state index contributed by atoms with van der Waals surface area (Å²) >= 11 is 6.54. The number of carboxylic acid groups (broad SMARTS) is 1. The third-order valence-electron chi connectivity index (χ3n) is 11.5. The number of benzene rings is 2. The van der Waals surface area contributed by atoms with Crippen LogP contribution >= 0.6 is 11.6 Å². The number of nitrogens with one attached hydrogen (secondary N) is 3. The zero-order valence-corrected chi connectivity index (χ0v) is 33.1. The quantitative estimate of drug-likeness (QED) is 0.128. The maximum atomic E-state index is 14.8. The Hall–Kier alpha value is -5.53. The van der Waals surface area contributed by atoms with E-state index in [1.165, 1.54) is 37.4 Å². The van der Waals surface area contributed by atoms with Gasteiger partial charge in [0, 0.05) is 95.6 Å². The summed E-state index contributed by atoms with van der Waals surface area (Å²) in [6.45, 7) is 5.16. The van der Waals surface area contributed by atoms with Crippen LogP contribution in [0.15, 0.2) is 48.8 Å². The highest BCUT2D eigenvalue weighted by molar-refractivity contribution is 6.34. The van der Waals surface area contributed by atoms with Gasteiger partial charge in [-0.3, -0.25) is 14.4 Å². The van der Waals surface area contributed by atoms with Crippen molar-refractivity contribution in [1.29, 1.82) is 0 Å². The average molecular weight is 844 g/mol. The molecule has 3 saturated heterocycles. The minimum atomic E-state index is -4.92. The van der Waals surface area contributed by atoms with E-state index in [0.717, 1.165) is 47.3 Å². The van der Waals surface area contributed by atoms with Crippen LogP contribution in [0.2, 0.25) is 5.02 Å². The summed E-state index contributed by atoms with van der Waals surface area (Å²) in [5.41, 5.74) is -1.25. The molecule has 0 aliphatic carbocycles. The van der Waals surface area contributed by atoms with Crippen molar-refractivity contribution in [3.05, 3.63) is 76.7 Å². The molecule has 0 unspecified atom stereocenters. The first kappa shape index (κ1) is 41.6. The number of hydrogen-bond donors (Lipinski definition) is 4. The topological polar surface area (TPSA) is 167 Å². The lowest BCUT2D eigenvalue weighted by Crippen LogP contribution is -2.62. The van der Waals surface area contributed by atoms with Crippen LogP contribution in [0.25, 0.3) is 16.9 Å². The number of aliphatic carboxylic acids is 1. The predicted octanol–water partition coefficient (Wildman–Crippen LogP) is 4.19. The number of carbonyl (C=O) groups is 4. The highest BCUT2D eigenvalue weighted by atomic mass is 35.5. The van der Waals surface area contributed by atoms with Crippen molar-refractivity contribution in [3.63, 3.8) is 0 Å². The van der Waals surface area contributed by atoms with Gasteiger partial charge >= 0.3 is 12.1 Å². The number of likely N-dealkylation sites (tertiary alicyclic amines) is 1. The minimum Gasteiger partial charge on any atom is -0.477 e. The first-order valence-electron chi connectivity index (χ1n) is 19.2. The van der Waals surface area contributed by atoms with Gasteiger partial charge in [-0.2, -0.15) is 18.3 Å². The standard InChI is InChI=1S/C39H43ClF4N10O5/c1-45-25-4-6-31(30(41)16-25)53-20-28(34(49-53)39(42,43)44)32-19-47-35(50(32)2)36(57)48-26-3-5-27(29(40)15-26)38(59)52-11-9-51(10-12-52)37(58)24-7-13-54(14-8-24,22-33(55)56)21-23-17-46-18-23/h3-6,15-16,19-20,23-24,45-46H,7-14,17-18,21-22H2,1-2H3,(H-,48,55,56,57,59)/p+1. The van der Waals surface area contributed by atoms with Crippen LogP contribution in [0, 0.1) is 17.7 Å². The Balaban J connectivity index is 0.964. The molecule has 20 heteroatoms. The van der Waals surface area contributed by atoms with Crippen LogP contribution in [0.5, 0.6) is 0 Å². The summed E-state index contributed by atoms with van der Waals surface area (Å²) in [5.74, 6) is -2.73. The van der Waals surface area contributed by atoms with Gasteiger partial charge in [-0.05, 0) is 36.4 Å². The third kappa shape index (κ3) is 8.77. The van der Waals surface area contributed by atoms with E-state index in [1.54, 1.807) is 16.8 Å². The molecule has 0 radical (unpaired) electrons. The number of imidazole rings is 1. The van der Waals surface area contributed by atoms with Gasteiger partial charge in [0.2, 0.25) is 5.91 Å². The van der Waals surface area contributed by atoms with Crippen molar-refractivity contribution in [1.82, 2.24) is 34.4 Å². The zero-order valence-electron chi connectivity index (χ0n) is 32.4. The van der Waals surface area contributed by atoms with E-state index in [-0.39, 0.29) is 70.8 Å². The maximum Gasteiger partial charge on any atom is 0.435 e. The lowest BCUT2D eigenvalue weighted by Gasteiger charge is -2.46. The molecule has 314 valence electrons. The highest BCUT2D eigenvalue weighted by Gasteiger charge is 2.43. The van der Waals surface area contributed by atoms with E-state index in [4.69, 9.17) is 11.6 Å². The largest absolute Gasteiger partial charge is 0.477 e. The number of carboxylic acids is 1. The Morgan fingerprint density at radius 1 is 1.00 bits per heavy atom. The van der Waals surface area contributed by atoms with Crippen molar-refractivity contribution in [2.24, 2.45) is 18.9 Å². The number of halogens is 5. The van der Waals surface area contributed by atoms with Crippen LogP contribution in [0.4, 0.5) is 28.9 Å². The first-order chi connectivity index (χ1) is 28.1. The van der Waals surface area contributed by atoms with Crippen LogP contribution in [0.1, 0.15) is 39.5 Å². The normalized spacial score (nSPS) is 19.9. The van der Waals surface area contributed by atoms with Crippen molar-refractivity contribution in [2.45, 2.75) is 19.0 Å². The summed E-state index contributed by atoms with van der Waals surface area (Å²) < 4.78 is 59.7. The van der Waals surface area contributed by atoms with Gasteiger partial charge in [0.1, 0.15) is 5.69 Å². The molecule has 0 spiro atoms. The van der Waals surface area contributed by atoms with E-state index in [1.807, 2.05) is 0 Å². The fraction of sp³-hybridized carbons (Fsp3) is 0.436. The number of amides is 3. The molecule has 3 fully saturated rings. The molecule has 2 aromatic carbocycles. The Morgan fingerprint density at radius 2 is 1.68 bits per heavy atom. The summed E-state index contributed by atoms with van der Waals surface area (Å²) in [4.78, 5) is 59.5. The number of piperidine rings is 1. The van der Waals surface area contributed by atoms with Crippen molar-refractivity contribution in [2.75, 3.05) is 83.1 Å². The first-order valence-corrected chi connectivity index (χ1v) is 19.6. The van der Waals surface area contributed by atoms with E-state index in [9.17, 15) is 41.8 Å². The molecular weight excluding hydrogens is 800 g/mol. The second kappa shape index (κ2) is 16.6. The predicted molar refractivity (Wildman–Crippen MR) is 209 cm³/mol. The number of hydrogen-bond acceptors (Lipinski definition) is 8. The molecule has 0 saturated carbocycles. The Labute approximate surface area is 341 Å². The number of nitrogens with zero attached hydrogens (tertiary/aromatic N) is 7. The molecule has 3 aliphatic rings. The molecule has 7 rings (SSSR count). The SMILES string of the molecule is CNc1ccc(-n2cc(-c3cnc(C(=O)Nc4ccc(C(=O)N5CCN(C(=O)C6CC[N+](CC(=O)O)(CC7CNC7)CC6)CC5)c(Cl)c4)n3C)c(C(F)(F)F)n2)c(F)c1. The monoisotopic (exact) mass is 843 g/mol. The summed E-state index contributed by atoms with van der Waals surface area (Å²) in [6.07, 6.45) is -1.58. The maximum absolute atomic E-state index is 14.8. The summed E-state index contributed by atoms with van der Waals surface area (Å²) in [5, 5.41) is 21.9. The molecule has 59 heavy (non-hydrogen) atoms. The molecule has 15 nitrogen and oxygen atoms in total. The van der Waals surface area contributed by atoms with Gasteiger partial charge in [0.15, 0.2) is 23.9 Å². The van der Waals surface area contributed by atoms with E-state index >= 15 is 0 Å². The Morgan fingerprint density at radius 3 is 2.27 bits per heavy atom. The molecule has 5 heterocycles. The van der Waals surface area contributed by atoms with Crippen LogP contribution in [0.3, 0.4) is 0 Å². The fourth-order valence-corrected chi connectivity index (χ4v) is 8.47. The number of alkyl halides is 3. The molecule has 3 amide bonds. The third-order valence-corrected chi connectivity index (χ3v) is 11.8. The lowest BCUT2D eigenvalue weighted by molar-refractivity contribution is -0.929. The molecule has 0 bridgehead atoms. The van der Waals surface area contributed by atoms with Crippen molar-refractivity contribution < 1.29 is 46.3 Å². The molecule has 0 atom stereocenters. The molecule has 4 aromatic rings. The molecule has 2 aromatic heterocycles. The average Bonchev–Trinajstić information content (AvgIpc) is 3.80. The van der Waals surface area contributed by atoms with Gasteiger partial charge in [0.25, 0.3) is 11.8 Å². The van der Waals surface area contributed by atoms with Crippen LogP contribution < -0.4 is 16.0 Å². The van der Waals surface area contributed by atoms with Gasteiger partial charge < -0.3 is 39.9 Å². The molecule has 3 aliphatic heterocycles. The number of carbonyl (C=O) groups excluding carboxylic acids is 3. The van der Waals surface area contributed by atoms with Crippen molar-refractivity contribution >= 4 is 46.7 Å². The number of anilines is 2. The van der Waals surface area contributed by atoms with E-state index in [0.29, 0.717) is 55.1 Å². The van der Waals surface area contributed by atoms with Crippen LogP contribution in [-0.4, -0.2) is 135 Å². The number of quaternary nitrogens is 1. The van der Waals surface area contributed by atoms with Gasteiger partial charge in [-0.1, -0.05) is 11.6 Å². The Kier molecular flexibility index (Phi) is 11.7. The fourth-order valence-electron chi connectivity index (χ4n) is 8.20. The number of piperazine rings is 1. The van der Waals surface area contributed by atoms with E-state index in [2.05, 4.69) is 26.0 Å². The molecular formula is C39H44ClF4N10O5+. The minimum absolute atomic E-state index is 0.0235. The number of rotatable bonds is 11. The van der Waals surface area contributed by atoms with Gasteiger partial charge in [-0.15, -0.1) is 0 Å². The summed E-state index contributed by atoms with van der Waals surface area (Å²) in [6, 6.07) is 8.20. The summed E-state index contributed by atoms with van der Waals surface area (Å²) in [7, 11) is 2.93. The van der Waals surface area contributed by atoms with Gasteiger partial charge in [0.05, 0.1) is 47.7 Å². The lowest BCUT2D eigenvalue weighted by atomic mass is 9.90. The second-order valence-corrected chi connectivity index (χ2v) is 15.8. The van der Waals surface area contributed by atoms with Crippen LogP contribution in [-0.2, 0) is 22.8 Å². The highest BCUT2D eigenvalue weighted by Crippen LogP contribution is 2.37. The second-order valence-electron chi connectivity index (χ2n) is 15.4.